The lowest BCUT2D eigenvalue weighted by molar-refractivity contribution is -0.135. The Bertz CT molecular complexity index is 887. The lowest BCUT2D eigenvalue weighted by Crippen LogP contribution is -2.44. The van der Waals surface area contributed by atoms with Crippen LogP contribution in [-0.2, 0) is 4.79 Å². The summed E-state index contributed by atoms with van der Waals surface area (Å²) in [5.74, 6) is 0.762. The minimum absolute atomic E-state index is 0.00975. The number of nitrogens with zero attached hydrogens (tertiary/aromatic N) is 5. The van der Waals surface area contributed by atoms with Crippen molar-refractivity contribution >= 4 is 11.8 Å². The highest BCUT2D eigenvalue weighted by molar-refractivity contribution is 5.93. The molecule has 30 heavy (non-hydrogen) atoms. The minimum atomic E-state index is -0.133. The smallest absolute Gasteiger partial charge is 0.276 e. The second kappa shape index (κ2) is 9.73. The molecule has 3 rings (SSSR count). The zero-order valence-electron chi connectivity index (χ0n) is 18.3. The number of methoxy groups -OCH3 is 1. The van der Waals surface area contributed by atoms with E-state index in [0.29, 0.717) is 43.1 Å². The van der Waals surface area contributed by atoms with Gasteiger partial charge >= 0.3 is 0 Å². The molecule has 0 radical (unpaired) electrons. The number of aromatic nitrogens is 3. The minimum Gasteiger partial charge on any atom is -0.497 e. The van der Waals surface area contributed by atoms with E-state index in [1.165, 1.54) is 0 Å². The zero-order chi connectivity index (χ0) is 21.7. The van der Waals surface area contributed by atoms with Gasteiger partial charge in [0.2, 0.25) is 5.91 Å². The summed E-state index contributed by atoms with van der Waals surface area (Å²) in [5.41, 5.74) is 1.83. The fraction of sp³-hybridized carbons (Fsp3) is 0.545. The van der Waals surface area contributed by atoms with Crippen LogP contribution in [0.1, 0.15) is 48.8 Å². The van der Waals surface area contributed by atoms with E-state index < -0.39 is 0 Å². The second-order valence-electron chi connectivity index (χ2n) is 7.82. The molecular weight excluding hydrogens is 382 g/mol. The lowest BCUT2D eigenvalue weighted by atomic mass is 9.95. The number of carbonyl (C=O) groups is 2. The normalized spacial score (nSPS) is 14.6. The molecule has 1 aromatic heterocycles. The molecule has 0 aliphatic carbocycles. The number of ether oxygens (including phenoxy) is 1. The van der Waals surface area contributed by atoms with Crippen LogP contribution in [0.4, 0.5) is 0 Å². The second-order valence-corrected chi connectivity index (χ2v) is 7.82. The van der Waals surface area contributed by atoms with Crippen molar-refractivity contribution in [3.8, 4) is 11.4 Å². The van der Waals surface area contributed by atoms with Gasteiger partial charge in [0.1, 0.15) is 5.75 Å². The number of hydrogen-bond acceptors (Lipinski definition) is 5. The van der Waals surface area contributed by atoms with E-state index in [1.54, 1.807) is 16.7 Å². The maximum atomic E-state index is 13.0. The molecule has 0 atom stereocenters. The number of carbonyl (C=O) groups excluding carboxylic acids is 2. The van der Waals surface area contributed by atoms with Crippen LogP contribution in [0.25, 0.3) is 5.69 Å². The van der Waals surface area contributed by atoms with E-state index in [-0.39, 0.29) is 17.7 Å². The Balaban J connectivity index is 1.64. The van der Waals surface area contributed by atoms with Gasteiger partial charge in [-0.1, -0.05) is 24.6 Å². The van der Waals surface area contributed by atoms with Gasteiger partial charge < -0.3 is 14.5 Å². The summed E-state index contributed by atoms with van der Waals surface area (Å²) >= 11 is 0. The fourth-order valence-corrected chi connectivity index (χ4v) is 3.81. The van der Waals surface area contributed by atoms with Crippen LogP contribution >= 0.6 is 0 Å². The highest BCUT2D eigenvalue weighted by Gasteiger charge is 2.31. The molecule has 2 heterocycles. The Labute approximate surface area is 177 Å². The van der Waals surface area contributed by atoms with Crippen LogP contribution in [-0.4, -0.2) is 70.4 Å². The van der Waals surface area contributed by atoms with Crippen LogP contribution in [0.15, 0.2) is 24.3 Å². The topological polar surface area (TPSA) is 80.6 Å². The number of likely N-dealkylation sites (tertiary alicyclic amines) is 1. The number of rotatable bonds is 7. The van der Waals surface area contributed by atoms with Crippen LogP contribution in [0.2, 0.25) is 0 Å². The summed E-state index contributed by atoms with van der Waals surface area (Å²) in [6.07, 6.45) is 3.45. The third-order valence-electron chi connectivity index (χ3n) is 5.75. The summed E-state index contributed by atoms with van der Waals surface area (Å²) in [7, 11) is 3.48. The maximum absolute atomic E-state index is 13.0. The fourth-order valence-electron chi connectivity index (χ4n) is 3.81. The van der Waals surface area contributed by atoms with Crippen molar-refractivity contribution < 1.29 is 14.3 Å². The predicted octanol–water partition coefficient (Wildman–Crippen LogP) is 2.70. The first-order valence-electron chi connectivity index (χ1n) is 10.6. The first-order chi connectivity index (χ1) is 14.5. The molecular formula is C22H31N5O3. The van der Waals surface area contributed by atoms with Crippen molar-refractivity contribution in [2.75, 3.05) is 33.8 Å². The number of benzene rings is 1. The van der Waals surface area contributed by atoms with Crippen LogP contribution < -0.4 is 4.74 Å². The van der Waals surface area contributed by atoms with Crippen molar-refractivity contribution in [3.05, 3.63) is 35.7 Å². The molecule has 1 aromatic carbocycles. The summed E-state index contributed by atoms with van der Waals surface area (Å²) in [5, 5.41) is 8.32. The largest absolute Gasteiger partial charge is 0.497 e. The quantitative estimate of drug-likeness (QED) is 0.697. The van der Waals surface area contributed by atoms with Crippen LogP contribution in [0.3, 0.4) is 0 Å². The molecule has 162 valence electrons. The third kappa shape index (κ3) is 4.63. The monoisotopic (exact) mass is 413 g/mol. The molecule has 1 saturated heterocycles. The first kappa shape index (κ1) is 21.8. The molecule has 2 aromatic rings. The van der Waals surface area contributed by atoms with Gasteiger partial charge in [0.15, 0.2) is 5.69 Å². The summed E-state index contributed by atoms with van der Waals surface area (Å²) in [6, 6.07) is 7.47. The molecule has 2 amide bonds. The van der Waals surface area contributed by atoms with E-state index in [1.807, 2.05) is 43.1 Å². The Morgan fingerprint density at radius 2 is 2.00 bits per heavy atom. The van der Waals surface area contributed by atoms with Gasteiger partial charge in [-0.25, -0.2) is 4.68 Å². The van der Waals surface area contributed by atoms with Gasteiger partial charge in [-0.3, -0.25) is 9.59 Å². The van der Waals surface area contributed by atoms with Crippen LogP contribution in [0, 0.1) is 12.8 Å². The molecule has 1 fully saturated rings. The molecule has 0 spiro atoms. The number of piperidine rings is 1. The van der Waals surface area contributed by atoms with Gasteiger partial charge in [0.05, 0.1) is 18.5 Å². The van der Waals surface area contributed by atoms with Crippen molar-refractivity contribution in [2.45, 2.75) is 39.5 Å². The Hall–Kier alpha value is -2.90. The summed E-state index contributed by atoms with van der Waals surface area (Å²) < 4.78 is 6.91. The number of amides is 2. The Kier molecular flexibility index (Phi) is 7.07. The SMILES string of the molecule is CCCCN(C)C(=O)C1CCN(C(=O)c2nnn(-c3cccc(OC)c3)c2C)CC1. The number of hydrogen-bond donors (Lipinski definition) is 0. The summed E-state index contributed by atoms with van der Waals surface area (Å²) in [6.45, 7) is 5.87. The van der Waals surface area contributed by atoms with Gasteiger partial charge in [-0.2, -0.15) is 0 Å². The average Bonchev–Trinajstić information content (AvgIpc) is 3.17. The molecule has 8 heteroatoms. The average molecular weight is 414 g/mol. The Morgan fingerprint density at radius 3 is 2.67 bits per heavy atom. The molecule has 8 nitrogen and oxygen atoms in total. The maximum Gasteiger partial charge on any atom is 0.276 e. The van der Waals surface area contributed by atoms with E-state index in [4.69, 9.17) is 4.74 Å². The van der Waals surface area contributed by atoms with Crippen LogP contribution in [0.5, 0.6) is 5.75 Å². The molecule has 0 saturated carbocycles. The molecule has 0 bridgehead atoms. The third-order valence-corrected chi connectivity index (χ3v) is 5.75. The standard InChI is InChI=1S/C22H31N5O3/c1-5-6-12-25(3)21(28)17-10-13-26(14-11-17)22(29)20-16(2)27(24-23-20)18-8-7-9-19(15-18)30-4/h7-9,15,17H,5-6,10-14H2,1-4H3. The van der Waals surface area contributed by atoms with E-state index >= 15 is 0 Å². The molecule has 1 aliphatic rings. The number of unbranched alkanes of at least 4 members (excludes halogenated alkanes) is 1. The molecule has 0 unspecified atom stereocenters. The lowest BCUT2D eigenvalue weighted by Gasteiger charge is -2.33. The van der Waals surface area contributed by atoms with Gasteiger partial charge in [0, 0.05) is 38.7 Å². The zero-order valence-corrected chi connectivity index (χ0v) is 18.3. The molecule has 0 N–H and O–H groups in total. The summed E-state index contributed by atoms with van der Waals surface area (Å²) in [4.78, 5) is 29.2. The van der Waals surface area contributed by atoms with Crippen molar-refractivity contribution in [3.63, 3.8) is 0 Å². The van der Waals surface area contributed by atoms with Gasteiger partial charge in [-0.15, -0.1) is 5.10 Å². The molecule has 1 aliphatic heterocycles. The van der Waals surface area contributed by atoms with Gasteiger partial charge in [0.25, 0.3) is 5.91 Å². The predicted molar refractivity (Wildman–Crippen MR) is 114 cm³/mol. The Morgan fingerprint density at radius 1 is 1.27 bits per heavy atom. The van der Waals surface area contributed by atoms with E-state index in [9.17, 15) is 9.59 Å². The van der Waals surface area contributed by atoms with E-state index in [2.05, 4.69) is 17.2 Å². The van der Waals surface area contributed by atoms with E-state index in [0.717, 1.165) is 25.1 Å². The highest BCUT2D eigenvalue weighted by atomic mass is 16.5. The highest BCUT2D eigenvalue weighted by Crippen LogP contribution is 2.23. The first-order valence-corrected chi connectivity index (χ1v) is 10.6. The van der Waals surface area contributed by atoms with Crippen molar-refractivity contribution in [1.82, 2.24) is 24.8 Å². The van der Waals surface area contributed by atoms with Crippen molar-refractivity contribution in [1.29, 1.82) is 0 Å². The van der Waals surface area contributed by atoms with Gasteiger partial charge in [-0.05, 0) is 38.3 Å². The van der Waals surface area contributed by atoms with Crippen molar-refractivity contribution in [2.24, 2.45) is 5.92 Å².